The summed E-state index contributed by atoms with van der Waals surface area (Å²) in [4.78, 5) is 32.4. The Balaban J connectivity index is 1.77. The number of nitrogens with one attached hydrogen (secondary N) is 1. The monoisotopic (exact) mass is 365 g/mol. The lowest BCUT2D eigenvalue weighted by atomic mass is 10.1. The van der Waals surface area contributed by atoms with Gasteiger partial charge >= 0.3 is 5.69 Å². The molecule has 0 fully saturated rings. The number of pyridine rings is 1. The number of H-pyrrole nitrogens is 1. The lowest BCUT2D eigenvalue weighted by Gasteiger charge is -2.06. The molecule has 130 valence electrons. The highest BCUT2D eigenvalue weighted by molar-refractivity contribution is 7.12. The summed E-state index contributed by atoms with van der Waals surface area (Å²) in [6.45, 7) is -0.0252. The van der Waals surface area contributed by atoms with Crippen molar-refractivity contribution in [3.8, 4) is 16.9 Å². The first-order valence-electron chi connectivity index (χ1n) is 7.95. The highest BCUT2D eigenvalue weighted by Gasteiger charge is 2.14. The summed E-state index contributed by atoms with van der Waals surface area (Å²) in [7, 11) is 1.61. The number of hydrogen-bond donors (Lipinski definition) is 1. The molecule has 4 rings (SSSR count). The van der Waals surface area contributed by atoms with Crippen LogP contribution in [0.15, 0.2) is 58.8 Å². The van der Waals surface area contributed by atoms with Crippen LogP contribution in [0, 0.1) is 0 Å². The van der Waals surface area contributed by atoms with E-state index in [2.05, 4.69) is 9.97 Å². The molecular formula is C19H15N3O3S. The van der Waals surface area contributed by atoms with Gasteiger partial charge in [-0.3, -0.25) is 14.3 Å². The van der Waals surface area contributed by atoms with E-state index in [0.717, 1.165) is 16.9 Å². The first kappa shape index (κ1) is 16.3. The molecule has 0 bridgehead atoms. The smallest absolute Gasteiger partial charge is 0.328 e. The van der Waals surface area contributed by atoms with E-state index in [-0.39, 0.29) is 18.0 Å². The maximum absolute atomic E-state index is 12.4. The minimum atomic E-state index is -0.347. The van der Waals surface area contributed by atoms with Gasteiger partial charge in [0.05, 0.1) is 24.0 Å². The Morgan fingerprint density at radius 2 is 2.12 bits per heavy atom. The highest BCUT2D eigenvalue weighted by atomic mass is 32.1. The van der Waals surface area contributed by atoms with E-state index < -0.39 is 0 Å². The summed E-state index contributed by atoms with van der Waals surface area (Å²) in [6, 6.07) is 13.0. The number of carbonyl (C=O) groups excluding carboxylic acids is 1. The van der Waals surface area contributed by atoms with Gasteiger partial charge in [0.1, 0.15) is 5.75 Å². The van der Waals surface area contributed by atoms with E-state index in [1.54, 1.807) is 19.4 Å². The molecule has 26 heavy (non-hydrogen) atoms. The van der Waals surface area contributed by atoms with Crippen molar-refractivity contribution in [3.63, 3.8) is 0 Å². The summed E-state index contributed by atoms with van der Waals surface area (Å²) in [5, 5.41) is 1.84. The Bertz CT molecular complexity index is 1140. The normalized spacial score (nSPS) is 11.0. The Kier molecular flexibility index (Phi) is 4.14. The van der Waals surface area contributed by atoms with E-state index in [0.29, 0.717) is 16.0 Å². The molecule has 0 unspecified atom stereocenters. The second kappa shape index (κ2) is 6.61. The fourth-order valence-corrected chi connectivity index (χ4v) is 3.47. The zero-order valence-electron chi connectivity index (χ0n) is 13.9. The van der Waals surface area contributed by atoms with Gasteiger partial charge in [-0.25, -0.2) is 9.78 Å². The molecule has 7 heteroatoms. The van der Waals surface area contributed by atoms with Crippen LogP contribution in [0.4, 0.5) is 0 Å². The molecule has 0 aliphatic rings. The lowest BCUT2D eigenvalue weighted by Crippen LogP contribution is -2.21. The SMILES string of the molecule is COc1cccc(-c2cnc3[nH]c(=O)n(CC(=O)c4cccs4)c3c2)c1. The van der Waals surface area contributed by atoms with Crippen molar-refractivity contribution in [1.29, 1.82) is 0 Å². The number of carbonyl (C=O) groups is 1. The minimum Gasteiger partial charge on any atom is -0.497 e. The summed E-state index contributed by atoms with van der Waals surface area (Å²) in [5.74, 6) is 0.636. The molecule has 1 N–H and O–H groups in total. The first-order valence-corrected chi connectivity index (χ1v) is 8.83. The third-order valence-electron chi connectivity index (χ3n) is 4.13. The first-order chi connectivity index (χ1) is 12.7. The quantitative estimate of drug-likeness (QED) is 0.550. The number of rotatable bonds is 5. The molecule has 0 spiro atoms. The molecule has 0 atom stereocenters. The van der Waals surface area contributed by atoms with Crippen molar-refractivity contribution in [2.45, 2.75) is 6.54 Å². The van der Waals surface area contributed by atoms with Gasteiger partial charge in [-0.15, -0.1) is 11.3 Å². The maximum Gasteiger partial charge on any atom is 0.328 e. The number of ether oxygens (including phenoxy) is 1. The number of nitrogens with zero attached hydrogens (tertiary/aromatic N) is 2. The molecular weight excluding hydrogens is 350 g/mol. The Morgan fingerprint density at radius 1 is 1.23 bits per heavy atom. The number of aromatic nitrogens is 3. The Hall–Kier alpha value is -3.19. The summed E-state index contributed by atoms with van der Waals surface area (Å²) in [5.41, 5.74) is 2.47. The number of fused-ring (bicyclic) bond motifs is 1. The van der Waals surface area contributed by atoms with Gasteiger partial charge in [-0.2, -0.15) is 0 Å². The average Bonchev–Trinajstić information content (AvgIpc) is 3.30. The van der Waals surface area contributed by atoms with E-state index in [4.69, 9.17) is 4.74 Å². The number of Topliss-reactive ketones (excluding diaryl/α,β-unsaturated/α-hetero) is 1. The number of aromatic amines is 1. The molecule has 3 heterocycles. The van der Waals surface area contributed by atoms with Gasteiger partial charge in [0.15, 0.2) is 11.4 Å². The fourth-order valence-electron chi connectivity index (χ4n) is 2.81. The summed E-state index contributed by atoms with van der Waals surface area (Å²) < 4.78 is 6.69. The summed E-state index contributed by atoms with van der Waals surface area (Å²) in [6.07, 6.45) is 1.69. The van der Waals surface area contributed by atoms with Crippen LogP contribution in [0.2, 0.25) is 0 Å². The molecule has 0 saturated heterocycles. The van der Waals surface area contributed by atoms with Gasteiger partial charge < -0.3 is 4.74 Å². The second-order valence-corrected chi connectivity index (χ2v) is 6.69. The maximum atomic E-state index is 12.4. The van der Waals surface area contributed by atoms with Crippen LogP contribution >= 0.6 is 11.3 Å². The molecule has 1 aromatic carbocycles. The van der Waals surface area contributed by atoms with Crippen LogP contribution in [0.1, 0.15) is 9.67 Å². The lowest BCUT2D eigenvalue weighted by molar-refractivity contribution is 0.0976. The predicted molar refractivity (Wildman–Crippen MR) is 101 cm³/mol. The van der Waals surface area contributed by atoms with Crippen LogP contribution in [0.3, 0.4) is 0 Å². The zero-order chi connectivity index (χ0) is 18.1. The average molecular weight is 365 g/mol. The number of hydrogen-bond acceptors (Lipinski definition) is 5. The number of imidazole rings is 1. The molecule has 4 aromatic rings. The van der Waals surface area contributed by atoms with Crippen LogP contribution in [-0.2, 0) is 6.54 Å². The molecule has 3 aromatic heterocycles. The van der Waals surface area contributed by atoms with Crippen molar-refractivity contribution in [2.75, 3.05) is 7.11 Å². The molecule has 0 amide bonds. The van der Waals surface area contributed by atoms with Gasteiger partial charge in [-0.05, 0) is 35.2 Å². The molecule has 0 saturated carbocycles. The predicted octanol–water partition coefficient (Wildman–Crippen LogP) is 3.34. The van der Waals surface area contributed by atoms with Crippen molar-refractivity contribution < 1.29 is 9.53 Å². The number of benzene rings is 1. The van der Waals surface area contributed by atoms with Crippen LogP contribution < -0.4 is 10.4 Å². The summed E-state index contributed by atoms with van der Waals surface area (Å²) >= 11 is 1.36. The van der Waals surface area contributed by atoms with E-state index in [1.165, 1.54) is 15.9 Å². The standard InChI is InChI=1S/C19H15N3O3S/c1-25-14-5-2-4-12(8-14)13-9-15-18(20-10-13)21-19(24)22(15)11-16(23)17-6-3-7-26-17/h2-10H,11H2,1H3,(H,20,21,24). The number of thiophene rings is 1. The molecule has 0 aliphatic carbocycles. The van der Waals surface area contributed by atoms with Gasteiger partial charge in [-0.1, -0.05) is 18.2 Å². The third kappa shape index (κ3) is 2.93. The van der Waals surface area contributed by atoms with Gasteiger partial charge in [0, 0.05) is 11.8 Å². The van der Waals surface area contributed by atoms with Crippen LogP contribution in [-0.4, -0.2) is 27.4 Å². The number of methoxy groups -OCH3 is 1. The Morgan fingerprint density at radius 3 is 2.88 bits per heavy atom. The van der Waals surface area contributed by atoms with E-state index >= 15 is 0 Å². The van der Waals surface area contributed by atoms with Crippen LogP contribution in [0.5, 0.6) is 5.75 Å². The topological polar surface area (TPSA) is 77.0 Å². The fraction of sp³-hybridized carbons (Fsp3) is 0.105. The largest absolute Gasteiger partial charge is 0.497 e. The molecule has 6 nitrogen and oxygen atoms in total. The Labute approximate surface area is 152 Å². The van der Waals surface area contributed by atoms with Gasteiger partial charge in [0.25, 0.3) is 0 Å². The molecule has 0 aliphatic heterocycles. The van der Waals surface area contributed by atoms with E-state index in [9.17, 15) is 9.59 Å². The van der Waals surface area contributed by atoms with Crippen LogP contribution in [0.25, 0.3) is 22.3 Å². The second-order valence-electron chi connectivity index (χ2n) is 5.74. The van der Waals surface area contributed by atoms with E-state index in [1.807, 2.05) is 41.8 Å². The third-order valence-corrected chi connectivity index (χ3v) is 5.04. The zero-order valence-corrected chi connectivity index (χ0v) is 14.7. The van der Waals surface area contributed by atoms with Crippen molar-refractivity contribution in [1.82, 2.24) is 14.5 Å². The van der Waals surface area contributed by atoms with Crippen molar-refractivity contribution in [2.24, 2.45) is 0 Å². The number of ketones is 1. The minimum absolute atomic E-state index is 0.0252. The van der Waals surface area contributed by atoms with Crippen molar-refractivity contribution in [3.05, 3.63) is 69.4 Å². The van der Waals surface area contributed by atoms with Crippen molar-refractivity contribution >= 4 is 28.3 Å². The highest BCUT2D eigenvalue weighted by Crippen LogP contribution is 2.25. The molecule has 0 radical (unpaired) electrons. The van der Waals surface area contributed by atoms with Gasteiger partial charge in [0.2, 0.25) is 0 Å².